The number of rotatable bonds is 4. The molecule has 2 aliphatic carbocycles. The van der Waals surface area contributed by atoms with Crippen LogP contribution in [0.3, 0.4) is 0 Å². The Labute approximate surface area is 132 Å². The first-order valence-electron chi connectivity index (χ1n) is 9.58. The van der Waals surface area contributed by atoms with Crippen LogP contribution in [0.25, 0.3) is 0 Å². The van der Waals surface area contributed by atoms with Crippen LogP contribution in [0.15, 0.2) is 0 Å². The molecule has 0 spiro atoms. The van der Waals surface area contributed by atoms with Gasteiger partial charge < -0.3 is 4.74 Å². The van der Waals surface area contributed by atoms with Crippen LogP contribution in [0.5, 0.6) is 0 Å². The van der Waals surface area contributed by atoms with Crippen molar-refractivity contribution < 1.29 is 4.74 Å². The highest BCUT2D eigenvalue weighted by Crippen LogP contribution is 2.51. The molecule has 2 saturated carbocycles. The zero-order valence-electron chi connectivity index (χ0n) is 14.8. The summed E-state index contributed by atoms with van der Waals surface area (Å²) in [5.74, 6) is 1.80. The van der Waals surface area contributed by atoms with Crippen LogP contribution in [0.4, 0.5) is 0 Å². The van der Waals surface area contributed by atoms with E-state index in [4.69, 9.17) is 4.74 Å². The Morgan fingerprint density at radius 1 is 0.571 bits per heavy atom. The second-order valence-corrected chi connectivity index (χ2v) is 9.30. The van der Waals surface area contributed by atoms with Gasteiger partial charge in [-0.15, -0.1) is 0 Å². The fourth-order valence-corrected chi connectivity index (χ4v) is 5.60. The van der Waals surface area contributed by atoms with E-state index in [1.807, 2.05) is 0 Å². The van der Waals surface area contributed by atoms with Crippen LogP contribution in [-0.2, 0) is 4.74 Å². The minimum absolute atomic E-state index is 0.386. The van der Waals surface area contributed by atoms with E-state index >= 15 is 0 Å². The number of hydrogen-bond acceptors (Lipinski definition) is 1. The van der Waals surface area contributed by atoms with Crippen LogP contribution in [0.1, 0.15) is 91.9 Å². The van der Waals surface area contributed by atoms with Gasteiger partial charge in [0, 0.05) is 0 Å². The van der Waals surface area contributed by atoms with Gasteiger partial charge in [-0.25, -0.2) is 0 Å². The van der Waals surface area contributed by atoms with Crippen molar-refractivity contribution in [1.82, 2.24) is 0 Å². The molecule has 21 heavy (non-hydrogen) atoms. The molecule has 0 N–H and O–H groups in total. The van der Waals surface area contributed by atoms with Crippen LogP contribution in [0.2, 0.25) is 0 Å². The normalized spacial score (nSPS) is 33.1. The summed E-state index contributed by atoms with van der Waals surface area (Å²) in [6.45, 7) is 9.94. The fraction of sp³-hybridized carbons (Fsp3) is 1.00. The molecule has 3 rings (SSSR count). The summed E-state index contributed by atoms with van der Waals surface area (Å²) < 4.78 is 6.72. The van der Waals surface area contributed by atoms with Gasteiger partial charge in [-0.1, -0.05) is 53.4 Å². The van der Waals surface area contributed by atoms with Crippen molar-refractivity contribution in [2.45, 2.75) is 104 Å². The van der Waals surface area contributed by atoms with Gasteiger partial charge in [-0.2, -0.15) is 0 Å². The number of hydrogen-bond donors (Lipinski definition) is 0. The second kappa shape index (κ2) is 5.87. The average molecular weight is 293 g/mol. The summed E-state index contributed by atoms with van der Waals surface area (Å²) in [5.41, 5.74) is 0.772. The zero-order valence-corrected chi connectivity index (χ0v) is 14.8. The van der Waals surface area contributed by atoms with Gasteiger partial charge in [0.2, 0.25) is 0 Å². The fourth-order valence-electron chi connectivity index (χ4n) is 5.60. The minimum atomic E-state index is 0.386. The summed E-state index contributed by atoms with van der Waals surface area (Å²) in [4.78, 5) is 0. The molecule has 1 saturated heterocycles. The molecule has 122 valence electrons. The first-order valence-corrected chi connectivity index (χ1v) is 9.58. The number of ether oxygens (including phenoxy) is 1. The van der Waals surface area contributed by atoms with Crippen molar-refractivity contribution in [2.24, 2.45) is 22.7 Å². The zero-order chi connectivity index (χ0) is 15.1. The van der Waals surface area contributed by atoms with E-state index in [2.05, 4.69) is 27.7 Å². The third kappa shape index (κ3) is 2.92. The first-order chi connectivity index (χ1) is 9.92. The Kier molecular flexibility index (Phi) is 4.43. The van der Waals surface area contributed by atoms with Crippen molar-refractivity contribution in [3.8, 4) is 0 Å². The third-order valence-electron chi connectivity index (χ3n) is 7.49. The van der Waals surface area contributed by atoms with Gasteiger partial charge in [0.05, 0.1) is 12.2 Å². The standard InChI is InChI=1S/C20H36O/c1-19(2,15-9-5-6-10-15)17-13-14-18(21-17)20(3,4)16-11-7-8-12-16/h15-18H,5-14H2,1-4H3. The Hall–Kier alpha value is -0.0400. The molecule has 0 bridgehead atoms. The van der Waals surface area contributed by atoms with Crippen molar-refractivity contribution >= 4 is 0 Å². The Morgan fingerprint density at radius 2 is 0.905 bits per heavy atom. The Bertz CT molecular complexity index is 311. The van der Waals surface area contributed by atoms with E-state index in [0.29, 0.717) is 23.0 Å². The largest absolute Gasteiger partial charge is 0.374 e. The molecule has 1 heterocycles. The summed E-state index contributed by atoms with van der Waals surface area (Å²) in [7, 11) is 0. The highest BCUT2D eigenvalue weighted by Gasteiger charge is 2.48. The maximum Gasteiger partial charge on any atom is 0.0633 e. The quantitative estimate of drug-likeness (QED) is 0.620. The summed E-state index contributed by atoms with van der Waals surface area (Å²) in [6, 6.07) is 0. The van der Waals surface area contributed by atoms with Crippen molar-refractivity contribution in [1.29, 1.82) is 0 Å². The van der Waals surface area contributed by atoms with Crippen LogP contribution < -0.4 is 0 Å². The van der Waals surface area contributed by atoms with Gasteiger partial charge in [-0.05, 0) is 61.2 Å². The molecule has 1 nitrogen and oxygen atoms in total. The van der Waals surface area contributed by atoms with E-state index in [1.54, 1.807) is 0 Å². The molecule has 0 aromatic rings. The van der Waals surface area contributed by atoms with Gasteiger partial charge in [0.15, 0.2) is 0 Å². The summed E-state index contributed by atoms with van der Waals surface area (Å²) in [5, 5.41) is 0. The smallest absolute Gasteiger partial charge is 0.0633 e. The molecule has 2 unspecified atom stereocenters. The molecule has 3 aliphatic rings. The predicted octanol–water partition coefficient (Wildman–Crippen LogP) is 5.97. The predicted molar refractivity (Wildman–Crippen MR) is 89.4 cm³/mol. The molecule has 3 fully saturated rings. The molecule has 2 atom stereocenters. The molecule has 0 aromatic heterocycles. The summed E-state index contributed by atoms with van der Waals surface area (Å²) >= 11 is 0. The van der Waals surface area contributed by atoms with Crippen molar-refractivity contribution in [3.05, 3.63) is 0 Å². The van der Waals surface area contributed by atoms with Gasteiger partial charge in [0.25, 0.3) is 0 Å². The van der Waals surface area contributed by atoms with E-state index in [0.717, 1.165) is 11.8 Å². The Balaban J connectivity index is 1.64. The molecule has 1 heteroatoms. The summed E-state index contributed by atoms with van der Waals surface area (Å²) in [6.07, 6.45) is 15.1. The third-order valence-corrected chi connectivity index (χ3v) is 7.49. The van der Waals surface area contributed by atoms with Crippen molar-refractivity contribution in [2.75, 3.05) is 0 Å². The average Bonchev–Trinajstić information content (AvgIpc) is 3.19. The lowest BCUT2D eigenvalue weighted by Crippen LogP contribution is -2.40. The lowest BCUT2D eigenvalue weighted by atomic mass is 9.71. The molecule has 0 amide bonds. The molecular weight excluding hydrogens is 256 g/mol. The van der Waals surface area contributed by atoms with E-state index in [-0.39, 0.29) is 0 Å². The SMILES string of the molecule is CC(C)(C1CCCC1)C1CCC(C(C)(C)C2CCCC2)O1. The first kappa shape index (κ1) is 15.8. The van der Waals surface area contributed by atoms with E-state index < -0.39 is 0 Å². The van der Waals surface area contributed by atoms with Gasteiger partial charge in [-0.3, -0.25) is 0 Å². The van der Waals surface area contributed by atoms with Crippen LogP contribution in [0, 0.1) is 22.7 Å². The molecular formula is C20H36O. The van der Waals surface area contributed by atoms with Crippen molar-refractivity contribution in [3.63, 3.8) is 0 Å². The molecule has 0 radical (unpaired) electrons. The highest BCUT2D eigenvalue weighted by molar-refractivity contribution is 4.97. The van der Waals surface area contributed by atoms with E-state index in [1.165, 1.54) is 64.2 Å². The maximum absolute atomic E-state index is 6.72. The second-order valence-electron chi connectivity index (χ2n) is 9.30. The maximum atomic E-state index is 6.72. The Morgan fingerprint density at radius 3 is 1.24 bits per heavy atom. The monoisotopic (exact) mass is 292 g/mol. The van der Waals surface area contributed by atoms with Crippen LogP contribution >= 0.6 is 0 Å². The van der Waals surface area contributed by atoms with Gasteiger partial charge in [0.1, 0.15) is 0 Å². The topological polar surface area (TPSA) is 9.23 Å². The minimum Gasteiger partial charge on any atom is -0.374 e. The lowest BCUT2D eigenvalue weighted by Gasteiger charge is -2.41. The lowest BCUT2D eigenvalue weighted by molar-refractivity contribution is -0.0966. The molecule has 0 aromatic carbocycles. The highest BCUT2D eigenvalue weighted by atomic mass is 16.5. The molecule has 1 aliphatic heterocycles. The van der Waals surface area contributed by atoms with Gasteiger partial charge >= 0.3 is 0 Å². The van der Waals surface area contributed by atoms with Crippen LogP contribution in [-0.4, -0.2) is 12.2 Å². The van der Waals surface area contributed by atoms with E-state index in [9.17, 15) is 0 Å².